The standard InChI is InChI=1S/C23H31N3O3S/c1-18-8-7-15-26(17-18)21-13-11-19(12-14-21)16-24-23(27)22(25(2)30(3,28)29)20-9-5-4-6-10-20/h4-6,9-14,18,22H,7-8,15-17H2,1-3H3,(H,24,27)/t18-,22-/m1/s1. The number of rotatable bonds is 7. The van der Waals surface area contributed by atoms with Crippen molar-refractivity contribution in [2.75, 3.05) is 31.3 Å². The number of hydrogen-bond acceptors (Lipinski definition) is 4. The van der Waals surface area contributed by atoms with Gasteiger partial charge in [-0.05, 0) is 42.0 Å². The number of amides is 1. The van der Waals surface area contributed by atoms with E-state index in [2.05, 4.69) is 29.3 Å². The summed E-state index contributed by atoms with van der Waals surface area (Å²) in [4.78, 5) is 15.3. The number of anilines is 1. The first kappa shape index (κ1) is 22.3. The Kier molecular flexibility index (Phi) is 7.15. The minimum atomic E-state index is -3.53. The van der Waals surface area contributed by atoms with Crippen LogP contribution in [0, 0.1) is 5.92 Å². The zero-order valence-electron chi connectivity index (χ0n) is 17.9. The van der Waals surface area contributed by atoms with Crippen LogP contribution in [0.5, 0.6) is 0 Å². The molecule has 1 fully saturated rings. The maximum Gasteiger partial charge on any atom is 0.243 e. The highest BCUT2D eigenvalue weighted by atomic mass is 32.2. The topological polar surface area (TPSA) is 69.7 Å². The molecule has 30 heavy (non-hydrogen) atoms. The number of piperidine rings is 1. The number of likely N-dealkylation sites (N-methyl/N-ethyl adjacent to an activating group) is 1. The van der Waals surface area contributed by atoms with Gasteiger partial charge in [0, 0.05) is 32.4 Å². The van der Waals surface area contributed by atoms with E-state index in [1.54, 1.807) is 24.3 Å². The van der Waals surface area contributed by atoms with Gasteiger partial charge in [-0.25, -0.2) is 8.42 Å². The minimum absolute atomic E-state index is 0.344. The van der Waals surface area contributed by atoms with Crippen LogP contribution in [-0.4, -0.2) is 45.0 Å². The molecule has 1 aliphatic heterocycles. The zero-order chi connectivity index (χ0) is 21.7. The predicted octanol–water partition coefficient (Wildman–Crippen LogP) is 3.17. The van der Waals surface area contributed by atoms with E-state index >= 15 is 0 Å². The van der Waals surface area contributed by atoms with Crippen LogP contribution < -0.4 is 10.2 Å². The Hall–Kier alpha value is -2.38. The normalized spacial score (nSPS) is 18.3. The first-order chi connectivity index (χ1) is 14.3. The highest BCUT2D eigenvalue weighted by molar-refractivity contribution is 7.88. The van der Waals surface area contributed by atoms with Gasteiger partial charge in [0.15, 0.2) is 0 Å². The summed E-state index contributed by atoms with van der Waals surface area (Å²) in [5, 5.41) is 2.90. The molecule has 6 nitrogen and oxygen atoms in total. The lowest BCUT2D eigenvalue weighted by molar-refractivity contribution is -0.124. The third-order valence-corrected chi connectivity index (χ3v) is 6.93. The highest BCUT2D eigenvalue weighted by Crippen LogP contribution is 2.24. The van der Waals surface area contributed by atoms with E-state index in [-0.39, 0.29) is 5.91 Å². The Morgan fingerprint density at radius 3 is 2.43 bits per heavy atom. The molecular formula is C23H31N3O3S. The molecule has 0 saturated carbocycles. The van der Waals surface area contributed by atoms with Crippen molar-refractivity contribution in [3.8, 4) is 0 Å². The van der Waals surface area contributed by atoms with Gasteiger partial charge in [-0.3, -0.25) is 4.79 Å². The van der Waals surface area contributed by atoms with Gasteiger partial charge in [-0.1, -0.05) is 49.4 Å². The smallest absolute Gasteiger partial charge is 0.243 e. The van der Waals surface area contributed by atoms with Crippen LogP contribution in [0.2, 0.25) is 0 Å². The fraction of sp³-hybridized carbons (Fsp3) is 0.435. The van der Waals surface area contributed by atoms with Gasteiger partial charge in [-0.15, -0.1) is 0 Å². The molecule has 2 atom stereocenters. The first-order valence-corrected chi connectivity index (χ1v) is 12.2. The summed E-state index contributed by atoms with van der Waals surface area (Å²) < 4.78 is 25.3. The van der Waals surface area contributed by atoms with Crippen molar-refractivity contribution in [2.45, 2.75) is 32.4 Å². The second-order valence-electron chi connectivity index (χ2n) is 8.17. The van der Waals surface area contributed by atoms with Crippen molar-refractivity contribution in [2.24, 2.45) is 5.92 Å². The molecule has 2 aromatic rings. The summed E-state index contributed by atoms with van der Waals surface area (Å²) in [6.45, 7) is 4.78. The molecule has 1 heterocycles. The number of nitrogens with zero attached hydrogens (tertiary/aromatic N) is 2. The van der Waals surface area contributed by atoms with Crippen molar-refractivity contribution < 1.29 is 13.2 Å². The van der Waals surface area contributed by atoms with Gasteiger partial charge in [0.1, 0.15) is 6.04 Å². The highest BCUT2D eigenvalue weighted by Gasteiger charge is 2.30. The second-order valence-corrected chi connectivity index (χ2v) is 10.2. The Balaban J connectivity index is 1.68. The Labute approximate surface area is 179 Å². The van der Waals surface area contributed by atoms with Crippen molar-refractivity contribution in [3.63, 3.8) is 0 Å². The molecule has 1 saturated heterocycles. The second kappa shape index (κ2) is 9.62. The van der Waals surface area contributed by atoms with E-state index in [0.29, 0.717) is 18.0 Å². The van der Waals surface area contributed by atoms with Crippen LogP contribution in [0.1, 0.15) is 36.9 Å². The molecule has 0 aromatic heterocycles. The summed E-state index contributed by atoms with van der Waals surface area (Å²) in [7, 11) is -2.10. The van der Waals surface area contributed by atoms with E-state index in [1.165, 1.54) is 25.6 Å². The average molecular weight is 430 g/mol. The van der Waals surface area contributed by atoms with Gasteiger partial charge in [0.25, 0.3) is 0 Å². The molecule has 0 unspecified atom stereocenters. The molecule has 0 spiro atoms. The molecule has 1 N–H and O–H groups in total. The molecule has 162 valence electrons. The molecule has 7 heteroatoms. The number of hydrogen-bond donors (Lipinski definition) is 1. The van der Waals surface area contributed by atoms with E-state index in [4.69, 9.17) is 0 Å². The Morgan fingerprint density at radius 2 is 1.83 bits per heavy atom. The van der Waals surface area contributed by atoms with E-state index in [1.807, 2.05) is 18.2 Å². The Morgan fingerprint density at radius 1 is 1.17 bits per heavy atom. The fourth-order valence-corrected chi connectivity index (χ4v) is 4.49. The van der Waals surface area contributed by atoms with Crippen molar-refractivity contribution >= 4 is 21.6 Å². The third kappa shape index (κ3) is 5.61. The van der Waals surface area contributed by atoms with Crippen LogP contribution in [-0.2, 0) is 21.4 Å². The summed E-state index contributed by atoms with van der Waals surface area (Å²) >= 11 is 0. The van der Waals surface area contributed by atoms with Crippen LogP contribution >= 0.6 is 0 Å². The number of carbonyl (C=O) groups excluding carboxylic acids is 1. The molecule has 0 radical (unpaired) electrons. The molecule has 1 aliphatic rings. The monoisotopic (exact) mass is 429 g/mol. The van der Waals surface area contributed by atoms with Crippen LogP contribution in [0.15, 0.2) is 54.6 Å². The molecule has 1 amide bonds. The minimum Gasteiger partial charge on any atom is -0.371 e. The van der Waals surface area contributed by atoms with Gasteiger partial charge in [0.2, 0.25) is 15.9 Å². The van der Waals surface area contributed by atoms with Crippen LogP contribution in [0.4, 0.5) is 5.69 Å². The van der Waals surface area contributed by atoms with E-state index in [9.17, 15) is 13.2 Å². The van der Waals surface area contributed by atoms with Gasteiger partial charge < -0.3 is 10.2 Å². The largest absolute Gasteiger partial charge is 0.371 e. The quantitative estimate of drug-likeness (QED) is 0.734. The lowest BCUT2D eigenvalue weighted by Crippen LogP contribution is -2.41. The lowest BCUT2D eigenvalue weighted by atomic mass is 9.99. The average Bonchev–Trinajstić information content (AvgIpc) is 2.73. The summed E-state index contributed by atoms with van der Waals surface area (Å²) in [5.74, 6) is 0.363. The van der Waals surface area contributed by atoms with Crippen LogP contribution in [0.3, 0.4) is 0 Å². The fourth-order valence-electron chi connectivity index (χ4n) is 3.89. The maximum atomic E-state index is 12.9. The lowest BCUT2D eigenvalue weighted by Gasteiger charge is -2.32. The van der Waals surface area contributed by atoms with Gasteiger partial charge in [0.05, 0.1) is 6.26 Å². The number of sulfonamides is 1. The first-order valence-electron chi connectivity index (χ1n) is 10.4. The number of nitrogens with one attached hydrogen (secondary N) is 1. The van der Waals surface area contributed by atoms with E-state index < -0.39 is 16.1 Å². The number of benzene rings is 2. The van der Waals surface area contributed by atoms with Crippen molar-refractivity contribution in [3.05, 3.63) is 65.7 Å². The molecule has 0 bridgehead atoms. The summed E-state index contributed by atoms with van der Waals surface area (Å²) in [5.41, 5.74) is 2.82. The van der Waals surface area contributed by atoms with Gasteiger partial charge in [-0.2, -0.15) is 4.31 Å². The summed E-state index contributed by atoms with van der Waals surface area (Å²) in [6.07, 6.45) is 3.61. The summed E-state index contributed by atoms with van der Waals surface area (Å²) in [6, 6.07) is 16.3. The molecule has 2 aromatic carbocycles. The molecule has 0 aliphatic carbocycles. The molecule has 3 rings (SSSR count). The molecular weight excluding hydrogens is 398 g/mol. The third-order valence-electron chi connectivity index (χ3n) is 5.68. The Bertz CT molecular complexity index is 945. The predicted molar refractivity (Wildman–Crippen MR) is 121 cm³/mol. The SMILES string of the molecule is C[C@@H]1CCCN(c2ccc(CNC(=O)[C@@H](c3ccccc3)N(C)S(C)(=O)=O)cc2)C1. The maximum absolute atomic E-state index is 12.9. The zero-order valence-corrected chi connectivity index (χ0v) is 18.7. The van der Waals surface area contributed by atoms with Crippen LogP contribution in [0.25, 0.3) is 0 Å². The number of carbonyl (C=O) groups is 1. The van der Waals surface area contributed by atoms with Crippen molar-refractivity contribution in [1.29, 1.82) is 0 Å². The van der Waals surface area contributed by atoms with Crippen molar-refractivity contribution in [1.82, 2.24) is 9.62 Å². The van der Waals surface area contributed by atoms with E-state index in [0.717, 1.165) is 29.2 Å². The van der Waals surface area contributed by atoms with Gasteiger partial charge >= 0.3 is 0 Å².